The average molecular weight is 314 g/mol. The number of amides is 1. The number of rotatable bonds is 7. The van der Waals surface area contributed by atoms with Gasteiger partial charge in [-0.25, -0.2) is 13.6 Å². The van der Waals surface area contributed by atoms with Crippen molar-refractivity contribution in [2.24, 2.45) is 5.14 Å². The van der Waals surface area contributed by atoms with Gasteiger partial charge in [0.2, 0.25) is 10.0 Å². The van der Waals surface area contributed by atoms with Gasteiger partial charge in [0.15, 0.2) is 5.69 Å². The van der Waals surface area contributed by atoms with Crippen molar-refractivity contribution in [2.75, 3.05) is 0 Å². The van der Waals surface area contributed by atoms with Crippen molar-refractivity contribution >= 4 is 15.9 Å². The van der Waals surface area contributed by atoms with Gasteiger partial charge in [0, 0.05) is 12.0 Å². The first-order chi connectivity index (χ1) is 9.88. The summed E-state index contributed by atoms with van der Waals surface area (Å²) in [6, 6.07) is 0.0110. The second-order valence-corrected chi connectivity index (χ2v) is 7.00. The minimum Gasteiger partial charge on any atom is -0.348 e. The minimum atomic E-state index is -3.98. The molecule has 1 heterocycles. The highest BCUT2D eigenvalue weighted by Gasteiger charge is 2.36. The molecule has 0 saturated heterocycles. The number of aromatic amines is 1. The molecule has 2 rings (SSSR count). The van der Waals surface area contributed by atoms with E-state index in [4.69, 9.17) is 5.14 Å². The first kappa shape index (κ1) is 16.0. The first-order valence-corrected chi connectivity index (χ1v) is 8.85. The van der Waals surface area contributed by atoms with Gasteiger partial charge in [-0.05, 0) is 25.7 Å². The molecule has 0 spiro atoms. The Kier molecular flexibility index (Phi) is 4.67. The number of nitrogens with one attached hydrogen (secondary N) is 2. The summed E-state index contributed by atoms with van der Waals surface area (Å²) in [4.78, 5) is 12.2. The molecule has 4 N–H and O–H groups in total. The monoisotopic (exact) mass is 314 g/mol. The molecule has 118 valence electrons. The van der Waals surface area contributed by atoms with Crippen molar-refractivity contribution < 1.29 is 13.2 Å². The highest BCUT2D eigenvalue weighted by atomic mass is 32.2. The van der Waals surface area contributed by atoms with E-state index in [-0.39, 0.29) is 22.5 Å². The number of sulfonamides is 1. The van der Waals surface area contributed by atoms with E-state index in [0.29, 0.717) is 5.69 Å². The second kappa shape index (κ2) is 6.15. The Morgan fingerprint density at radius 1 is 1.48 bits per heavy atom. The number of aromatic nitrogens is 2. The van der Waals surface area contributed by atoms with Gasteiger partial charge in [-0.1, -0.05) is 20.3 Å². The van der Waals surface area contributed by atoms with Crippen molar-refractivity contribution in [1.29, 1.82) is 0 Å². The van der Waals surface area contributed by atoms with Crippen LogP contribution in [0.5, 0.6) is 0 Å². The van der Waals surface area contributed by atoms with Crippen LogP contribution >= 0.6 is 0 Å². The van der Waals surface area contributed by atoms with Crippen LogP contribution in [0.25, 0.3) is 0 Å². The fourth-order valence-electron chi connectivity index (χ4n) is 2.42. The van der Waals surface area contributed by atoms with E-state index < -0.39 is 15.9 Å². The van der Waals surface area contributed by atoms with Crippen LogP contribution in [0.4, 0.5) is 0 Å². The Morgan fingerprint density at radius 3 is 2.62 bits per heavy atom. The number of hydrogen-bond acceptors (Lipinski definition) is 4. The molecule has 1 atom stereocenters. The summed E-state index contributed by atoms with van der Waals surface area (Å²) in [7, 11) is -3.98. The number of carbonyl (C=O) groups excluding carboxylic acids is 1. The molecule has 1 saturated carbocycles. The Bertz CT molecular complexity index is 619. The van der Waals surface area contributed by atoms with Gasteiger partial charge in [-0.2, -0.15) is 5.10 Å². The van der Waals surface area contributed by atoms with Gasteiger partial charge >= 0.3 is 0 Å². The molecule has 0 aromatic carbocycles. The molecular weight excluding hydrogens is 292 g/mol. The first-order valence-electron chi connectivity index (χ1n) is 7.30. The molecule has 1 aromatic heterocycles. The maximum absolute atomic E-state index is 12.3. The molecule has 1 amide bonds. The van der Waals surface area contributed by atoms with Crippen LogP contribution in [-0.2, 0) is 10.0 Å². The van der Waals surface area contributed by atoms with Crippen molar-refractivity contribution in [1.82, 2.24) is 15.5 Å². The number of primary sulfonamides is 1. The highest BCUT2D eigenvalue weighted by Crippen LogP contribution is 2.42. The Balaban J connectivity index is 2.29. The molecule has 1 aromatic rings. The molecule has 21 heavy (non-hydrogen) atoms. The zero-order valence-electron chi connectivity index (χ0n) is 12.3. The largest absolute Gasteiger partial charge is 0.348 e. The number of carbonyl (C=O) groups is 1. The van der Waals surface area contributed by atoms with E-state index >= 15 is 0 Å². The summed E-state index contributed by atoms with van der Waals surface area (Å²) in [6.45, 7) is 4.01. The quantitative estimate of drug-likeness (QED) is 0.701. The standard InChI is InChI=1S/C13H22N4O3S/c1-3-5-9(4-2)15-13(18)11-12(21(14,19)20)10(16-17-11)8-6-7-8/h8-9H,3-7H2,1-2H3,(H,15,18)(H,16,17)(H2,14,19,20). The van der Waals surface area contributed by atoms with Crippen LogP contribution < -0.4 is 10.5 Å². The second-order valence-electron chi connectivity index (χ2n) is 5.50. The molecular formula is C13H22N4O3S. The summed E-state index contributed by atoms with van der Waals surface area (Å²) in [6.07, 6.45) is 4.34. The maximum atomic E-state index is 12.3. The Labute approximate surface area is 124 Å². The lowest BCUT2D eigenvalue weighted by Gasteiger charge is -2.15. The van der Waals surface area contributed by atoms with Crippen molar-refractivity contribution in [3.8, 4) is 0 Å². The van der Waals surface area contributed by atoms with Gasteiger partial charge < -0.3 is 5.32 Å². The van der Waals surface area contributed by atoms with Crippen molar-refractivity contribution in [2.45, 2.75) is 62.8 Å². The number of nitrogens with two attached hydrogens (primary N) is 1. The molecule has 0 radical (unpaired) electrons. The molecule has 1 aliphatic rings. The molecule has 1 fully saturated rings. The number of H-pyrrole nitrogens is 1. The van der Waals surface area contributed by atoms with Crippen LogP contribution in [0.1, 0.15) is 68.1 Å². The lowest BCUT2D eigenvalue weighted by atomic mass is 10.1. The van der Waals surface area contributed by atoms with Crippen LogP contribution in [-0.4, -0.2) is 30.6 Å². The van der Waals surface area contributed by atoms with Crippen LogP contribution in [0.2, 0.25) is 0 Å². The summed E-state index contributed by atoms with van der Waals surface area (Å²) >= 11 is 0. The van der Waals surface area contributed by atoms with E-state index in [0.717, 1.165) is 32.1 Å². The van der Waals surface area contributed by atoms with E-state index in [2.05, 4.69) is 15.5 Å². The lowest BCUT2D eigenvalue weighted by molar-refractivity contribution is 0.0925. The highest BCUT2D eigenvalue weighted by molar-refractivity contribution is 7.89. The van der Waals surface area contributed by atoms with E-state index in [1.165, 1.54) is 0 Å². The van der Waals surface area contributed by atoms with Gasteiger partial charge in [0.25, 0.3) is 5.91 Å². The summed E-state index contributed by atoms with van der Waals surface area (Å²) in [5.41, 5.74) is 0.347. The zero-order chi connectivity index (χ0) is 15.6. The van der Waals surface area contributed by atoms with E-state index in [9.17, 15) is 13.2 Å². The summed E-state index contributed by atoms with van der Waals surface area (Å²) < 4.78 is 23.6. The number of nitrogens with zero attached hydrogens (tertiary/aromatic N) is 1. The topological polar surface area (TPSA) is 118 Å². The maximum Gasteiger partial charge on any atom is 0.273 e. The van der Waals surface area contributed by atoms with Gasteiger partial charge in [-0.3, -0.25) is 9.89 Å². The third-order valence-electron chi connectivity index (χ3n) is 3.70. The van der Waals surface area contributed by atoms with Crippen molar-refractivity contribution in [3.63, 3.8) is 0 Å². The molecule has 1 unspecified atom stereocenters. The molecule has 0 bridgehead atoms. The van der Waals surface area contributed by atoms with Gasteiger partial charge in [-0.15, -0.1) is 0 Å². The van der Waals surface area contributed by atoms with Crippen molar-refractivity contribution in [3.05, 3.63) is 11.4 Å². The predicted octanol–water partition coefficient (Wildman–Crippen LogP) is 1.24. The molecule has 7 nitrogen and oxygen atoms in total. The lowest BCUT2D eigenvalue weighted by Crippen LogP contribution is -2.35. The van der Waals surface area contributed by atoms with E-state index in [1.807, 2.05) is 13.8 Å². The minimum absolute atomic E-state index is 0.0110. The summed E-state index contributed by atoms with van der Waals surface area (Å²) in [5.74, 6) is -0.368. The van der Waals surface area contributed by atoms with Crippen LogP contribution in [0.15, 0.2) is 4.90 Å². The Hall–Kier alpha value is -1.41. The Morgan fingerprint density at radius 2 is 2.14 bits per heavy atom. The van der Waals surface area contributed by atoms with Gasteiger partial charge in [0.05, 0.1) is 5.69 Å². The molecule has 1 aliphatic carbocycles. The molecule has 8 heteroatoms. The smallest absolute Gasteiger partial charge is 0.273 e. The average Bonchev–Trinajstić information content (AvgIpc) is 3.14. The van der Waals surface area contributed by atoms with Crippen LogP contribution in [0, 0.1) is 0 Å². The zero-order valence-corrected chi connectivity index (χ0v) is 13.2. The van der Waals surface area contributed by atoms with Gasteiger partial charge in [0.1, 0.15) is 4.90 Å². The predicted molar refractivity (Wildman–Crippen MR) is 78.4 cm³/mol. The SMILES string of the molecule is CCCC(CC)NC(=O)c1n[nH]c(C2CC2)c1S(N)(=O)=O. The normalized spacial score (nSPS) is 16.7. The third kappa shape index (κ3) is 3.62. The summed E-state index contributed by atoms with van der Waals surface area (Å²) in [5, 5.41) is 14.7. The van der Waals surface area contributed by atoms with Crippen LogP contribution in [0.3, 0.4) is 0 Å². The fraction of sp³-hybridized carbons (Fsp3) is 0.692. The van der Waals surface area contributed by atoms with E-state index in [1.54, 1.807) is 0 Å². The number of hydrogen-bond donors (Lipinski definition) is 3. The third-order valence-corrected chi connectivity index (χ3v) is 4.68. The molecule has 0 aliphatic heterocycles. The fourth-order valence-corrected chi connectivity index (χ4v) is 3.34.